The van der Waals surface area contributed by atoms with Crippen LogP contribution in [0.5, 0.6) is 0 Å². The summed E-state index contributed by atoms with van der Waals surface area (Å²) in [7, 11) is 3.45. The number of nitrogens with one attached hydrogen (secondary N) is 1. The Morgan fingerprint density at radius 3 is 2.96 bits per heavy atom. The molecule has 0 aliphatic carbocycles. The van der Waals surface area contributed by atoms with E-state index in [1.54, 1.807) is 14.2 Å². The van der Waals surface area contributed by atoms with Gasteiger partial charge < -0.3 is 24.6 Å². The maximum absolute atomic E-state index is 12.8. The van der Waals surface area contributed by atoms with Crippen molar-refractivity contribution in [3.63, 3.8) is 0 Å². The molecule has 7 nitrogen and oxygen atoms in total. The summed E-state index contributed by atoms with van der Waals surface area (Å²) in [6.07, 6.45) is 3.12. The van der Waals surface area contributed by atoms with Crippen molar-refractivity contribution in [3.05, 3.63) is 29.8 Å². The molecule has 1 unspecified atom stereocenters. The van der Waals surface area contributed by atoms with Gasteiger partial charge in [0.25, 0.3) is 0 Å². The number of guanidine groups is 1. The van der Waals surface area contributed by atoms with Crippen LogP contribution in [0.4, 0.5) is 5.69 Å². The SMILES string of the molecule is CN=C(NCC(=O)N1CCCc2ccccc21)N1CCC(COCCOC)C1. The molecule has 7 heteroatoms. The van der Waals surface area contributed by atoms with Crippen LogP contribution in [-0.4, -0.2) is 76.9 Å². The van der Waals surface area contributed by atoms with E-state index >= 15 is 0 Å². The quantitative estimate of drug-likeness (QED) is 0.436. The fraction of sp³-hybridized carbons (Fsp3) is 0.619. The van der Waals surface area contributed by atoms with Gasteiger partial charge in [0.1, 0.15) is 0 Å². The molecule has 1 atom stereocenters. The highest BCUT2D eigenvalue weighted by atomic mass is 16.5. The van der Waals surface area contributed by atoms with E-state index in [0.29, 0.717) is 19.1 Å². The molecule has 3 rings (SSSR count). The Labute approximate surface area is 167 Å². The molecule has 1 N–H and O–H groups in total. The second-order valence-electron chi connectivity index (χ2n) is 7.35. The molecule has 2 aliphatic rings. The molecule has 0 aromatic heterocycles. The number of hydrogen-bond acceptors (Lipinski definition) is 4. The topological polar surface area (TPSA) is 66.4 Å². The molecule has 1 saturated heterocycles. The van der Waals surface area contributed by atoms with E-state index in [-0.39, 0.29) is 12.5 Å². The van der Waals surface area contributed by atoms with Crippen LogP contribution in [0.15, 0.2) is 29.3 Å². The molecule has 2 aliphatic heterocycles. The molecule has 28 heavy (non-hydrogen) atoms. The molecule has 1 aromatic rings. The van der Waals surface area contributed by atoms with Gasteiger partial charge in [-0.25, -0.2) is 0 Å². The lowest BCUT2D eigenvalue weighted by Gasteiger charge is -2.30. The van der Waals surface area contributed by atoms with Crippen molar-refractivity contribution in [2.75, 3.05) is 65.1 Å². The molecule has 1 fully saturated rings. The smallest absolute Gasteiger partial charge is 0.246 e. The second kappa shape index (κ2) is 10.4. The van der Waals surface area contributed by atoms with E-state index in [1.165, 1.54) is 5.56 Å². The monoisotopic (exact) mass is 388 g/mol. The zero-order valence-corrected chi connectivity index (χ0v) is 17.0. The number of carbonyl (C=O) groups excluding carboxylic acids is 1. The number of likely N-dealkylation sites (tertiary alicyclic amines) is 1. The summed E-state index contributed by atoms with van der Waals surface area (Å²) in [5.74, 6) is 1.37. The number of rotatable bonds is 7. The average molecular weight is 389 g/mol. The zero-order chi connectivity index (χ0) is 19.8. The first-order valence-corrected chi connectivity index (χ1v) is 10.1. The summed E-state index contributed by atoms with van der Waals surface area (Å²) < 4.78 is 10.7. The van der Waals surface area contributed by atoms with Crippen LogP contribution in [0.25, 0.3) is 0 Å². The Bertz CT molecular complexity index is 679. The lowest BCUT2D eigenvalue weighted by atomic mass is 10.0. The number of benzene rings is 1. The van der Waals surface area contributed by atoms with Gasteiger partial charge in [0.05, 0.1) is 26.4 Å². The Balaban J connectivity index is 1.48. The van der Waals surface area contributed by atoms with Gasteiger partial charge in [-0.2, -0.15) is 0 Å². The molecule has 154 valence electrons. The minimum atomic E-state index is 0.0898. The van der Waals surface area contributed by atoms with Crippen LogP contribution < -0.4 is 10.2 Å². The van der Waals surface area contributed by atoms with Gasteiger partial charge in [0, 0.05) is 45.4 Å². The van der Waals surface area contributed by atoms with Crippen LogP contribution in [0, 0.1) is 5.92 Å². The highest BCUT2D eigenvalue weighted by Crippen LogP contribution is 2.26. The van der Waals surface area contributed by atoms with Crippen molar-refractivity contribution in [3.8, 4) is 0 Å². The van der Waals surface area contributed by atoms with Crippen molar-refractivity contribution < 1.29 is 14.3 Å². The number of methoxy groups -OCH3 is 1. The molecule has 1 aromatic carbocycles. The largest absolute Gasteiger partial charge is 0.382 e. The van der Waals surface area contributed by atoms with Gasteiger partial charge >= 0.3 is 0 Å². The first-order valence-electron chi connectivity index (χ1n) is 10.1. The summed E-state index contributed by atoms with van der Waals surface area (Å²) >= 11 is 0. The normalized spacial score (nSPS) is 19.6. The zero-order valence-electron chi connectivity index (χ0n) is 17.0. The van der Waals surface area contributed by atoms with Crippen molar-refractivity contribution >= 4 is 17.6 Å². The van der Waals surface area contributed by atoms with Gasteiger partial charge in [0.15, 0.2) is 5.96 Å². The van der Waals surface area contributed by atoms with Crippen molar-refractivity contribution in [2.45, 2.75) is 19.3 Å². The van der Waals surface area contributed by atoms with E-state index in [4.69, 9.17) is 9.47 Å². The number of fused-ring (bicyclic) bond motifs is 1. The maximum atomic E-state index is 12.8. The lowest BCUT2D eigenvalue weighted by molar-refractivity contribution is -0.117. The molecular weight excluding hydrogens is 356 g/mol. The Morgan fingerprint density at radius 1 is 1.29 bits per heavy atom. The minimum Gasteiger partial charge on any atom is -0.382 e. The van der Waals surface area contributed by atoms with Gasteiger partial charge in [-0.15, -0.1) is 0 Å². The van der Waals surface area contributed by atoms with Crippen molar-refractivity contribution in [1.29, 1.82) is 0 Å². The molecule has 0 spiro atoms. The number of ether oxygens (including phenoxy) is 2. The third-order valence-corrected chi connectivity index (χ3v) is 5.39. The van der Waals surface area contributed by atoms with Crippen molar-refractivity contribution in [2.24, 2.45) is 10.9 Å². The number of carbonyl (C=O) groups is 1. The molecule has 1 amide bonds. The molecule has 0 bridgehead atoms. The Hall–Kier alpha value is -2.12. The third-order valence-electron chi connectivity index (χ3n) is 5.39. The molecule has 0 radical (unpaired) electrons. The first-order chi connectivity index (χ1) is 13.7. The first kappa shape index (κ1) is 20.6. The Morgan fingerprint density at radius 2 is 2.14 bits per heavy atom. The van der Waals surface area contributed by atoms with E-state index in [1.807, 2.05) is 23.1 Å². The summed E-state index contributed by atoms with van der Waals surface area (Å²) in [6.45, 7) is 4.85. The fourth-order valence-electron chi connectivity index (χ4n) is 3.93. The van der Waals surface area contributed by atoms with Crippen LogP contribution >= 0.6 is 0 Å². The average Bonchev–Trinajstić information content (AvgIpc) is 3.20. The van der Waals surface area contributed by atoms with Crippen molar-refractivity contribution in [1.82, 2.24) is 10.2 Å². The minimum absolute atomic E-state index is 0.0898. The second-order valence-corrected chi connectivity index (χ2v) is 7.35. The fourth-order valence-corrected chi connectivity index (χ4v) is 3.93. The molecule has 2 heterocycles. The lowest BCUT2D eigenvalue weighted by Crippen LogP contribution is -2.47. The van der Waals surface area contributed by atoms with Crippen LogP contribution in [0.1, 0.15) is 18.4 Å². The predicted molar refractivity (Wildman–Crippen MR) is 111 cm³/mol. The molecule has 0 saturated carbocycles. The van der Waals surface area contributed by atoms with Crippen LogP contribution in [-0.2, 0) is 20.7 Å². The number of aliphatic imine (C=N–C) groups is 1. The van der Waals surface area contributed by atoms with Crippen LogP contribution in [0.2, 0.25) is 0 Å². The summed E-state index contributed by atoms with van der Waals surface area (Å²) in [4.78, 5) is 21.3. The standard InChI is InChI=1S/C21H32N4O3/c1-22-21(24-11-9-17(15-24)16-28-13-12-27-2)23-14-20(26)25-10-5-7-18-6-3-4-8-19(18)25/h3-4,6,8,17H,5,7,9-16H2,1-2H3,(H,22,23). The van der Waals surface area contributed by atoms with E-state index < -0.39 is 0 Å². The Kier molecular flexibility index (Phi) is 7.68. The third kappa shape index (κ3) is 5.23. The number of amides is 1. The number of nitrogens with zero attached hydrogens (tertiary/aromatic N) is 3. The van der Waals surface area contributed by atoms with E-state index in [2.05, 4.69) is 21.3 Å². The summed E-state index contributed by atoms with van der Waals surface area (Å²) in [6, 6.07) is 8.18. The van der Waals surface area contributed by atoms with Crippen LogP contribution in [0.3, 0.4) is 0 Å². The van der Waals surface area contributed by atoms with E-state index in [0.717, 1.165) is 57.2 Å². The highest BCUT2D eigenvalue weighted by molar-refractivity contribution is 5.98. The molecular formula is C21H32N4O3. The number of hydrogen-bond donors (Lipinski definition) is 1. The number of anilines is 1. The highest BCUT2D eigenvalue weighted by Gasteiger charge is 2.26. The summed E-state index contributed by atoms with van der Waals surface area (Å²) in [5, 5.41) is 3.26. The van der Waals surface area contributed by atoms with Gasteiger partial charge in [-0.3, -0.25) is 9.79 Å². The van der Waals surface area contributed by atoms with Gasteiger partial charge in [0.2, 0.25) is 5.91 Å². The summed E-state index contributed by atoms with van der Waals surface area (Å²) in [5.41, 5.74) is 2.30. The van der Waals surface area contributed by atoms with Gasteiger partial charge in [-0.1, -0.05) is 18.2 Å². The number of aryl methyl sites for hydroxylation is 1. The predicted octanol–water partition coefficient (Wildman–Crippen LogP) is 1.53. The number of para-hydroxylation sites is 1. The van der Waals surface area contributed by atoms with E-state index in [9.17, 15) is 4.79 Å². The van der Waals surface area contributed by atoms with Gasteiger partial charge in [-0.05, 0) is 30.9 Å². The maximum Gasteiger partial charge on any atom is 0.246 e.